The summed E-state index contributed by atoms with van der Waals surface area (Å²) in [6, 6.07) is 6.80. The van der Waals surface area contributed by atoms with Crippen LogP contribution in [0.15, 0.2) is 24.3 Å². The first-order valence-electron chi connectivity index (χ1n) is 7.21. The number of aliphatic hydroxyl groups excluding tert-OH is 1. The Balaban J connectivity index is 2.74. The molecule has 0 saturated carbocycles. The van der Waals surface area contributed by atoms with E-state index in [-0.39, 0.29) is 12.5 Å². The third-order valence-corrected chi connectivity index (χ3v) is 2.73. The smallest absolute Gasteiger partial charge is 0.341 e. The van der Waals surface area contributed by atoms with Gasteiger partial charge in [0, 0.05) is 17.8 Å². The van der Waals surface area contributed by atoms with E-state index in [1.165, 1.54) is 6.92 Å². The Morgan fingerprint density at radius 2 is 1.91 bits per heavy atom. The van der Waals surface area contributed by atoms with Gasteiger partial charge in [0.15, 0.2) is 6.10 Å². The van der Waals surface area contributed by atoms with Gasteiger partial charge in [0.2, 0.25) is 0 Å². The molecule has 0 unspecified atom stereocenters. The van der Waals surface area contributed by atoms with E-state index in [0.29, 0.717) is 17.8 Å². The molecule has 6 nitrogen and oxygen atoms in total. The van der Waals surface area contributed by atoms with E-state index < -0.39 is 17.6 Å². The van der Waals surface area contributed by atoms with E-state index in [1.807, 2.05) is 20.8 Å². The highest BCUT2D eigenvalue weighted by Gasteiger charge is 2.23. The molecule has 0 bridgehead atoms. The van der Waals surface area contributed by atoms with Gasteiger partial charge in [-0.2, -0.15) is 0 Å². The second-order valence-electron chi connectivity index (χ2n) is 5.98. The van der Waals surface area contributed by atoms with Gasteiger partial charge < -0.3 is 20.5 Å². The van der Waals surface area contributed by atoms with E-state index in [4.69, 9.17) is 9.84 Å². The first kappa shape index (κ1) is 18.0. The van der Waals surface area contributed by atoms with Crippen LogP contribution in [0.3, 0.4) is 0 Å². The molecular weight excluding hydrogens is 284 g/mol. The van der Waals surface area contributed by atoms with Crippen LogP contribution in [0.4, 0.5) is 5.69 Å². The fourth-order valence-electron chi connectivity index (χ4n) is 1.75. The Morgan fingerprint density at radius 3 is 2.50 bits per heavy atom. The summed E-state index contributed by atoms with van der Waals surface area (Å²) >= 11 is 0. The predicted octanol–water partition coefficient (Wildman–Crippen LogP) is 1.55. The van der Waals surface area contributed by atoms with Gasteiger partial charge in [0.1, 0.15) is 0 Å². The number of para-hydroxylation sites is 1. The summed E-state index contributed by atoms with van der Waals surface area (Å²) in [7, 11) is 0. The number of benzene rings is 1. The Hall–Kier alpha value is -2.08. The number of carbonyl (C=O) groups is 2. The average molecular weight is 308 g/mol. The van der Waals surface area contributed by atoms with Gasteiger partial charge in [-0.15, -0.1) is 0 Å². The summed E-state index contributed by atoms with van der Waals surface area (Å²) in [5.74, 6) is -0.931. The van der Waals surface area contributed by atoms with Crippen LogP contribution in [0.5, 0.6) is 0 Å². The normalized spacial score (nSPS) is 12.4. The molecule has 1 aromatic carbocycles. The van der Waals surface area contributed by atoms with E-state index in [1.54, 1.807) is 24.3 Å². The molecule has 22 heavy (non-hydrogen) atoms. The number of hydrogen-bond donors (Lipinski definition) is 3. The van der Waals surface area contributed by atoms with Gasteiger partial charge in [0.05, 0.1) is 12.2 Å². The van der Waals surface area contributed by atoms with Crippen LogP contribution in [-0.2, 0) is 9.53 Å². The number of aliphatic hydroxyl groups is 1. The number of nitrogens with one attached hydrogen (secondary N) is 2. The number of rotatable bonds is 6. The molecule has 1 amide bonds. The number of esters is 1. The zero-order valence-corrected chi connectivity index (χ0v) is 13.5. The lowest BCUT2D eigenvalue weighted by Crippen LogP contribution is -2.46. The minimum absolute atomic E-state index is 0.0478. The van der Waals surface area contributed by atoms with Gasteiger partial charge >= 0.3 is 5.97 Å². The maximum Gasteiger partial charge on any atom is 0.341 e. The highest BCUT2D eigenvalue weighted by Crippen LogP contribution is 2.17. The largest absolute Gasteiger partial charge is 0.449 e. The van der Waals surface area contributed by atoms with Crippen LogP contribution in [-0.4, -0.2) is 41.8 Å². The summed E-state index contributed by atoms with van der Waals surface area (Å²) in [5.41, 5.74) is 0.495. The minimum atomic E-state index is -0.891. The van der Waals surface area contributed by atoms with Crippen LogP contribution >= 0.6 is 0 Å². The highest BCUT2D eigenvalue weighted by atomic mass is 16.5. The number of hydrogen-bond acceptors (Lipinski definition) is 5. The monoisotopic (exact) mass is 308 g/mol. The van der Waals surface area contributed by atoms with Gasteiger partial charge in [0.25, 0.3) is 5.91 Å². The fourth-order valence-corrected chi connectivity index (χ4v) is 1.75. The van der Waals surface area contributed by atoms with Crippen molar-refractivity contribution in [3.8, 4) is 0 Å². The molecule has 0 aliphatic carbocycles. The molecule has 0 spiro atoms. The van der Waals surface area contributed by atoms with Crippen LogP contribution in [0.25, 0.3) is 0 Å². The molecule has 0 aromatic heterocycles. The summed E-state index contributed by atoms with van der Waals surface area (Å²) in [6.45, 7) is 7.37. The summed E-state index contributed by atoms with van der Waals surface area (Å²) < 4.78 is 5.21. The maximum absolute atomic E-state index is 12.2. The second-order valence-corrected chi connectivity index (χ2v) is 5.98. The molecule has 1 rings (SSSR count). The van der Waals surface area contributed by atoms with E-state index >= 15 is 0 Å². The molecule has 0 radical (unpaired) electrons. The lowest BCUT2D eigenvalue weighted by Gasteiger charge is -2.23. The zero-order chi connectivity index (χ0) is 16.8. The topological polar surface area (TPSA) is 87.7 Å². The zero-order valence-electron chi connectivity index (χ0n) is 13.5. The molecule has 3 N–H and O–H groups in total. The second kappa shape index (κ2) is 7.79. The van der Waals surface area contributed by atoms with Crippen LogP contribution in [0, 0.1) is 0 Å². The maximum atomic E-state index is 12.2. The lowest BCUT2D eigenvalue weighted by molar-refractivity contribution is -0.130. The Bertz CT molecular complexity index is 523. The quantitative estimate of drug-likeness (QED) is 0.694. The molecule has 0 saturated heterocycles. The van der Waals surface area contributed by atoms with Crippen molar-refractivity contribution in [3.05, 3.63) is 29.8 Å². The van der Waals surface area contributed by atoms with Crippen molar-refractivity contribution in [1.29, 1.82) is 0 Å². The first-order chi connectivity index (χ1) is 10.2. The van der Waals surface area contributed by atoms with E-state index in [9.17, 15) is 9.59 Å². The molecule has 0 aliphatic heterocycles. The lowest BCUT2D eigenvalue weighted by atomic mass is 10.1. The van der Waals surface area contributed by atoms with Gasteiger partial charge in [-0.05, 0) is 39.8 Å². The number of anilines is 1. The highest BCUT2D eigenvalue weighted by molar-refractivity contribution is 5.97. The first-order valence-corrected chi connectivity index (χ1v) is 7.21. The molecule has 122 valence electrons. The standard InChI is InChI=1S/C16H24N2O4/c1-11(14(20)18-16(2,3)4)22-15(21)12-7-5-6-8-13(12)17-9-10-19/h5-8,11,17,19H,9-10H2,1-4H3,(H,18,20)/t11-/m1/s1. The number of amides is 1. The van der Waals surface area contributed by atoms with Crippen molar-refractivity contribution in [1.82, 2.24) is 5.32 Å². The molecule has 6 heteroatoms. The van der Waals surface area contributed by atoms with Crippen molar-refractivity contribution in [2.24, 2.45) is 0 Å². The summed E-state index contributed by atoms with van der Waals surface area (Å²) in [4.78, 5) is 24.1. The third kappa shape index (κ3) is 5.73. The summed E-state index contributed by atoms with van der Waals surface area (Å²) in [6.07, 6.45) is -0.891. The SMILES string of the molecule is C[C@@H](OC(=O)c1ccccc1NCCO)C(=O)NC(C)(C)C. The summed E-state index contributed by atoms with van der Waals surface area (Å²) in [5, 5.41) is 14.5. The Kier molecular flexibility index (Phi) is 6.37. The number of carbonyl (C=O) groups excluding carboxylic acids is 2. The van der Waals surface area contributed by atoms with Crippen molar-refractivity contribution >= 4 is 17.6 Å². The Labute approximate surface area is 130 Å². The van der Waals surface area contributed by atoms with Crippen LogP contribution < -0.4 is 10.6 Å². The number of ether oxygens (including phenoxy) is 1. The van der Waals surface area contributed by atoms with Crippen LogP contribution in [0.1, 0.15) is 38.1 Å². The fraction of sp³-hybridized carbons (Fsp3) is 0.500. The van der Waals surface area contributed by atoms with Gasteiger partial charge in [-0.3, -0.25) is 4.79 Å². The van der Waals surface area contributed by atoms with E-state index in [2.05, 4.69) is 10.6 Å². The van der Waals surface area contributed by atoms with Crippen molar-refractivity contribution in [2.45, 2.75) is 39.3 Å². The predicted molar refractivity (Wildman–Crippen MR) is 84.8 cm³/mol. The molecular formula is C16H24N2O4. The molecule has 0 fully saturated rings. The average Bonchev–Trinajstić information content (AvgIpc) is 2.43. The van der Waals surface area contributed by atoms with Crippen molar-refractivity contribution in [3.63, 3.8) is 0 Å². The third-order valence-electron chi connectivity index (χ3n) is 2.73. The van der Waals surface area contributed by atoms with Gasteiger partial charge in [-0.25, -0.2) is 4.79 Å². The molecule has 0 aliphatic rings. The van der Waals surface area contributed by atoms with Crippen LogP contribution in [0.2, 0.25) is 0 Å². The van der Waals surface area contributed by atoms with Gasteiger partial charge in [-0.1, -0.05) is 12.1 Å². The Morgan fingerprint density at radius 1 is 1.27 bits per heavy atom. The molecule has 1 aromatic rings. The van der Waals surface area contributed by atoms with Crippen molar-refractivity contribution < 1.29 is 19.4 Å². The van der Waals surface area contributed by atoms with Crippen molar-refractivity contribution in [2.75, 3.05) is 18.5 Å². The molecule has 0 heterocycles. The molecule has 1 atom stereocenters. The minimum Gasteiger partial charge on any atom is -0.449 e. The van der Waals surface area contributed by atoms with E-state index in [0.717, 1.165) is 0 Å².